The van der Waals surface area contributed by atoms with Gasteiger partial charge in [0.1, 0.15) is 0 Å². The molecule has 0 spiro atoms. The molecule has 0 rings (SSSR count). The fourth-order valence-electron chi connectivity index (χ4n) is 0.759. The molecule has 0 aromatic heterocycles. The molecule has 0 heterocycles. The Kier molecular flexibility index (Phi) is 3.82. The van der Waals surface area contributed by atoms with Crippen LogP contribution in [0.1, 0.15) is 27.2 Å². The summed E-state index contributed by atoms with van der Waals surface area (Å²) >= 11 is 0. The van der Waals surface area contributed by atoms with E-state index in [4.69, 9.17) is 11.5 Å². The number of nitrogens with two attached hydrogens (primary N) is 2. The zero-order valence-corrected chi connectivity index (χ0v) is 6.59. The van der Waals surface area contributed by atoms with Gasteiger partial charge in [-0.25, -0.2) is 0 Å². The molecule has 2 atom stereocenters. The SMILES string of the molecule is CC(C)C[C@@H](N)[C@H](C)N. The van der Waals surface area contributed by atoms with E-state index < -0.39 is 0 Å². The van der Waals surface area contributed by atoms with Crippen LogP contribution in [0.25, 0.3) is 0 Å². The van der Waals surface area contributed by atoms with Crippen molar-refractivity contribution in [3.8, 4) is 0 Å². The van der Waals surface area contributed by atoms with Crippen molar-refractivity contribution < 1.29 is 0 Å². The fraction of sp³-hybridized carbons (Fsp3) is 1.00. The number of rotatable bonds is 3. The monoisotopic (exact) mass is 130 g/mol. The van der Waals surface area contributed by atoms with Crippen molar-refractivity contribution in [3.63, 3.8) is 0 Å². The van der Waals surface area contributed by atoms with Crippen LogP contribution in [0, 0.1) is 5.92 Å². The zero-order valence-electron chi connectivity index (χ0n) is 6.59. The highest BCUT2D eigenvalue weighted by Crippen LogP contribution is 2.03. The van der Waals surface area contributed by atoms with Gasteiger partial charge in [-0.2, -0.15) is 0 Å². The van der Waals surface area contributed by atoms with Crippen molar-refractivity contribution in [1.82, 2.24) is 0 Å². The topological polar surface area (TPSA) is 52.0 Å². The number of hydrogen-bond donors (Lipinski definition) is 2. The summed E-state index contributed by atoms with van der Waals surface area (Å²) in [5.74, 6) is 0.658. The summed E-state index contributed by atoms with van der Waals surface area (Å²) in [6.45, 7) is 6.26. The minimum atomic E-state index is 0.132. The quantitative estimate of drug-likeness (QED) is 0.591. The molecule has 0 aromatic carbocycles. The molecule has 0 amide bonds. The lowest BCUT2D eigenvalue weighted by molar-refractivity contribution is 0.447. The summed E-state index contributed by atoms with van der Waals surface area (Å²) in [6.07, 6.45) is 1.03. The van der Waals surface area contributed by atoms with Gasteiger partial charge in [0.25, 0.3) is 0 Å². The van der Waals surface area contributed by atoms with Gasteiger partial charge < -0.3 is 11.5 Å². The van der Waals surface area contributed by atoms with E-state index in [2.05, 4.69) is 13.8 Å². The van der Waals surface area contributed by atoms with Crippen LogP contribution in [-0.2, 0) is 0 Å². The molecule has 0 bridgehead atoms. The largest absolute Gasteiger partial charge is 0.327 e. The average Bonchev–Trinajstić information content (AvgIpc) is 1.63. The summed E-state index contributed by atoms with van der Waals surface area (Å²) in [5.41, 5.74) is 11.3. The molecule has 0 aromatic rings. The molecule has 0 unspecified atom stereocenters. The minimum absolute atomic E-state index is 0.132. The third kappa shape index (κ3) is 4.43. The summed E-state index contributed by atoms with van der Waals surface area (Å²) in [4.78, 5) is 0. The molecule has 0 saturated heterocycles. The molecule has 2 nitrogen and oxygen atoms in total. The molecule has 0 aliphatic heterocycles. The highest BCUT2D eigenvalue weighted by molar-refractivity contribution is 4.71. The first-order valence-electron chi connectivity index (χ1n) is 3.55. The third-order valence-electron chi connectivity index (χ3n) is 1.42. The van der Waals surface area contributed by atoms with Crippen LogP contribution in [0.15, 0.2) is 0 Å². The Labute approximate surface area is 57.6 Å². The second-order valence-corrected chi connectivity index (χ2v) is 3.15. The summed E-state index contributed by atoms with van der Waals surface area (Å²) in [5, 5.41) is 0. The average molecular weight is 130 g/mol. The first-order chi connectivity index (χ1) is 4.04. The molecule has 0 radical (unpaired) electrons. The molecule has 0 aliphatic rings. The Morgan fingerprint density at radius 1 is 1.11 bits per heavy atom. The second kappa shape index (κ2) is 3.85. The maximum absolute atomic E-state index is 5.69. The summed E-state index contributed by atoms with van der Waals surface area (Å²) < 4.78 is 0. The highest BCUT2D eigenvalue weighted by Gasteiger charge is 2.08. The lowest BCUT2D eigenvalue weighted by atomic mass is 10.0. The zero-order chi connectivity index (χ0) is 7.44. The van der Waals surface area contributed by atoms with Gasteiger partial charge in [-0.3, -0.25) is 0 Å². The van der Waals surface area contributed by atoms with Crippen LogP contribution >= 0.6 is 0 Å². The van der Waals surface area contributed by atoms with E-state index >= 15 is 0 Å². The molecule has 56 valence electrons. The molecule has 2 heteroatoms. The van der Waals surface area contributed by atoms with E-state index in [1.54, 1.807) is 0 Å². The lowest BCUT2D eigenvalue weighted by Crippen LogP contribution is -2.39. The Bertz CT molecular complexity index is 69.3. The second-order valence-electron chi connectivity index (χ2n) is 3.15. The van der Waals surface area contributed by atoms with E-state index in [-0.39, 0.29) is 12.1 Å². The predicted octanol–water partition coefficient (Wildman–Crippen LogP) is 0.707. The summed E-state index contributed by atoms with van der Waals surface area (Å²) in [6, 6.07) is 0.303. The van der Waals surface area contributed by atoms with E-state index in [9.17, 15) is 0 Å². The molecule has 9 heavy (non-hydrogen) atoms. The molecular formula is C7H18N2. The molecular weight excluding hydrogens is 112 g/mol. The van der Waals surface area contributed by atoms with Crippen molar-refractivity contribution in [3.05, 3.63) is 0 Å². The molecule has 4 N–H and O–H groups in total. The standard InChI is InChI=1S/C7H18N2/c1-5(2)4-7(9)6(3)8/h5-7H,4,8-9H2,1-3H3/t6-,7+/m0/s1. The van der Waals surface area contributed by atoms with Crippen molar-refractivity contribution in [2.24, 2.45) is 17.4 Å². The van der Waals surface area contributed by atoms with Gasteiger partial charge in [0.05, 0.1) is 0 Å². The normalized spacial score (nSPS) is 18.0. The van der Waals surface area contributed by atoms with Crippen LogP contribution in [0.4, 0.5) is 0 Å². The van der Waals surface area contributed by atoms with Gasteiger partial charge in [0.15, 0.2) is 0 Å². The maximum atomic E-state index is 5.69. The first kappa shape index (κ1) is 8.92. The Morgan fingerprint density at radius 3 is 1.67 bits per heavy atom. The smallest absolute Gasteiger partial charge is 0.0192 e. The van der Waals surface area contributed by atoms with Crippen LogP contribution in [0.2, 0.25) is 0 Å². The van der Waals surface area contributed by atoms with Crippen LogP contribution in [-0.4, -0.2) is 12.1 Å². The van der Waals surface area contributed by atoms with Gasteiger partial charge >= 0.3 is 0 Å². The summed E-state index contributed by atoms with van der Waals surface area (Å²) in [7, 11) is 0. The van der Waals surface area contributed by atoms with E-state index in [0.717, 1.165) is 6.42 Å². The molecule has 0 fully saturated rings. The highest BCUT2D eigenvalue weighted by atomic mass is 14.8. The van der Waals surface area contributed by atoms with Gasteiger partial charge in [-0.05, 0) is 19.3 Å². The third-order valence-corrected chi connectivity index (χ3v) is 1.42. The van der Waals surface area contributed by atoms with Gasteiger partial charge in [-0.15, -0.1) is 0 Å². The van der Waals surface area contributed by atoms with Crippen LogP contribution in [0.5, 0.6) is 0 Å². The first-order valence-corrected chi connectivity index (χ1v) is 3.55. The van der Waals surface area contributed by atoms with Gasteiger partial charge in [0, 0.05) is 12.1 Å². The van der Waals surface area contributed by atoms with E-state index in [1.807, 2.05) is 6.92 Å². The van der Waals surface area contributed by atoms with Crippen molar-refractivity contribution in [1.29, 1.82) is 0 Å². The van der Waals surface area contributed by atoms with Crippen LogP contribution < -0.4 is 11.5 Å². The Hall–Kier alpha value is -0.0800. The van der Waals surface area contributed by atoms with Gasteiger partial charge in [-0.1, -0.05) is 13.8 Å². The van der Waals surface area contributed by atoms with E-state index in [1.165, 1.54) is 0 Å². The van der Waals surface area contributed by atoms with Crippen molar-refractivity contribution in [2.75, 3.05) is 0 Å². The predicted molar refractivity (Wildman–Crippen MR) is 41.1 cm³/mol. The lowest BCUT2D eigenvalue weighted by Gasteiger charge is -2.16. The van der Waals surface area contributed by atoms with E-state index in [0.29, 0.717) is 5.92 Å². The Balaban J connectivity index is 3.38. The van der Waals surface area contributed by atoms with Crippen molar-refractivity contribution >= 4 is 0 Å². The van der Waals surface area contributed by atoms with Crippen molar-refractivity contribution in [2.45, 2.75) is 39.3 Å². The maximum Gasteiger partial charge on any atom is 0.0192 e. The molecule has 0 aliphatic carbocycles. The Morgan fingerprint density at radius 2 is 1.56 bits per heavy atom. The fourth-order valence-corrected chi connectivity index (χ4v) is 0.759. The van der Waals surface area contributed by atoms with Gasteiger partial charge in [0.2, 0.25) is 0 Å². The minimum Gasteiger partial charge on any atom is -0.327 e. The van der Waals surface area contributed by atoms with Crippen LogP contribution in [0.3, 0.4) is 0 Å². The molecule has 0 saturated carbocycles. The number of hydrogen-bond acceptors (Lipinski definition) is 2.